The highest BCUT2D eigenvalue weighted by molar-refractivity contribution is 8.14. The number of amidine groups is 2. The number of carbonyl (C=O) groups excluding carboxylic acids is 2. The Kier molecular flexibility index (Phi) is 6.77. The molecule has 1 saturated heterocycles. The van der Waals surface area contributed by atoms with Crippen LogP contribution in [-0.4, -0.2) is 77.7 Å². The topological polar surface area (TPSA) is 77.8 Å². The summed E-state index contributed by atoms with van der Waals surface area (Å²) in [7, 11) is 1.67. The number of hydrogen-bond donors (Lipinski definition) is 0. The van der Waals surface area contributed by atoms with Gasteiger partial charge in [-0.25, -0.2) is 9.89 Å². The van der Waals surface area contributed by atoms with Crippen molar-refractivity contribution in [3.63, 3.8) is 0 Å². The van der Waals surface area contributed by atoms with Gasteiger partial charge in [-0.3, -0.25) is 14.6 Å². The van der Waals surface area contributed by atoms with Gasteiger partial charge in [0, 0.05) is 31.7 Å². The first-order chi connectivity index (χ1) is 17.1. The highest BCUT2D eigenvalue weighted by atomic mass is 32.2. The van der Waals surface area contributed by atoms with E-state index >= 15 is 0 Å². The number of hydrogen-bond acceptors (Lipinski definition) is 7. The number of amides is 2. The largest absolute Gasteiger partial charge is 0.495 e. The van der Waals surface area contributed by atoms with Crippen molar-refractivity contribution in [2.45, 2.75) is 25.8 Å². The van der Waals surface area contributed by atoms with Crippen LogP contribution in [0.15, 0.2) is 58.5 Å². The molecule has 2 amide bonds. The zero-order chi connectivity index (χ0) is 24.4. The van der Waals surface area contributed by atoms with Gasteiger partial charge in [-0.05, 0) is 30.7 Å². The molecule has 5 rings (SSSR count). The summed E-state index contributed by atoms with van der Waals surface area (Å²) >= 11 is 1.32. The summed E-state index contributed by atoms with van der Waals surface area (Å²) in [6.07, 6.45) is 1.58. The van der Waals surface area contributed by atoms with Gasteiger partial charge in [0.25, 0.3) is 5.91 Å². The highest BCUT2D eigenvalue weighted by Crippen LogP contribution is 2.34. The SMILES string of the molecule is CCC[C@@H]1N=C2c3ccccc3N=C(SCC(=O)N3CCN(c4ccccc4OC)CC3)N2C1=O. The van der Waals surface area contributed by atoms with E-state index < -0.39 is 0 Å². The third kappa shape index (κ3) is 4.52. The first kappa shape index (κ1) is 23.4. The average molecular weight is 492 g/mol. The van der Waals surface area contributed by atoms with Gasteiger partial charge in [0.1, 0.15) is 17.6 Å². The van der Waals surface area contributed by atoms with Crippen molar-refractivity contribution in [1.82, 2.24) is 9.80 Å². The number of ether oxygens (including phenoxy) is 1. The van der Waals surface area contributed by atoms with Gasteiger partial charge in [-0.1, -0.05) is 49.4 Å². The minimum atomic E-state index is -0.384. The molecule has 3 aliphatic heterocycles. The van der Waals surface area contributed by atoms with E-state index in [1.54, 1.807) is 12.0 Å². The molecule has 2 aromatic carbocycles. The van der Waals surface area contributed by atoms with E-state index in [1.165, 1.54) is 11.8 Å². The Balaban J connectivity index is 1.25. The predicted octanol–water partition coefficient (Wildman–Crippen LogP) is 3.54. The minimum absolute atomic E-state index is 0.0477. The van der Waals surface area contributed by atoms with Crippen molar-refractivity contribution in [2.24, 2.45) is 9.98 Å². The second kappa shape index (κ2) is 10.1. The first-order valence-corrected chi connectivity index (χ1v) is 13.0. The molecule has 1 atom stereocenters. The Labute approximate surface area is 209 Å². The quantitative estimate of drug-likeness (QED) is 0.618. The fourth-order valence-corrected chi connectivity index (χ4v) is 5.57. The molecule has 0 saturated carbocycles. The summed E-state index contributed by atoms with van der Waals surface area (Å²) in [5.74, 6) is 1.71. The van der Waals surface area contributed by atoms with Crippen LogP contribution in [0.2, 0.25) is 0 Å². The molecule has 0 radical (unpaired) electrons. The van der Waals surface area contributed by atoms with E-state index in [0.717, 1.165) is 42.2 Å². The minimum Gasteiger partial charge on any atom is -0.495 e. The van der Waals surface area contributed by atoms with Crippen LogP contribution in [0, 0.1) is 0 Å². The van der Waals surface area contributed by atoms with Gasteiger partial charge in [0.05, 0.1) is 24.2 Å². The molecule has 35 heavy (non-hydrogen) atoms. The normalized spacial score (nSPS) is 19.2. The molecule has 182 valence electrons. The van der Waals surface area contributed by atoms with Crippen LogP contribution in [0.25, 0.3) is 0 Å². The van der Waals surface area contributed by atoms with Crippen molar-refractivity contribution >= 4 is 46.0 Å². The van der Waals surface area contributed by atoms with Gasteiger partial charge < -0.3 is 14.5 Å². The third-order valence-electron chi connectivity index (χ3n) is 6.49. The molecule has 0 aliphatic carbocycles. The zero-order valence-corrected chi connectivity index (χ0v) is 20.8. The van der Waals surface area contributed by atoms with E-state index in [2.05, 4.69) is 11.8 Å². The number of carbonyl (C=O) groups is 2. The molecule has 0 bridgehead atoms. The number of para-hydroxylation sites is 3. The molecular formula is C26H29N5O3S. The summed E-state index contributed by atoms with van der Waals surface area (Å²) in [6, 6.07) is 15.3. The molecule has 0 aromatic heterocycles. The number of benzene rings is 2. The Morgan fingerprint density at radius 3 is 2.60 bits per heavy atom. The lowest BCUT2D eigenvalue weighted by molar-refractivity contribution is -0.128. The van der Waals surface area contributed by atoms with Crippen LogP contribution >= 0.6 is 11.8 Å². The second-order valence-electron chi connectivity index (χ2n) is 8.67. The number of thioether (sulfide) groups is 1. The van der Waals surface area contributed by atoms with Crippen LogP contribution in [0.3, 0.4) is 0 Å². The van der Waals surface area contributed by atoms with Gasteiger partial charge in [0.2, 0.25) is 5.91 Å². The maximum absolute atomic E-state index is 13.1. The van der Waals surface area contributed by atoms with E-state index in [-0.39, 0.29) is 23.6 Å². The lowest BCUT2D eigenvalue weighted by Crippen LogP contribution is -2.49. The van der Waals surface area contributed by atoms with E-state index in [9.17, 15) is 9.59 Å². The van der Waals surface area contributed by atoms with Crippen LogP contribution in [-0.2, 0) is 9.59 Å². The Hall–Kier alpha value is -3.33. The average Bonchev–Trinajstić information content (AvgIpc) is 3.23. The molecule has 1 fully saturated rings. The van der Waals surface area contributed by atoms with E-state index in [0.29, 0.717) is 30.5 Å². The van der Waals surface area contributed by atoms with Crippen LogP contribution in [0.4, 0.5) is 11.4 Å². The number of methoxy groups -OCH3 is 1. The van der Waals surface area contributed by atoms with Gasteiger partial charge in [0.15, 0.2) is 5.17 Å². The standard InChI is InChI=1S/C26H29N5O3S/c1-3-8-20-25(33)31-24(27-20)18-9-4-5-10-19(18)28-26(31)35-17-23(32)30-15-13-29(14-16-30)21-11-6-7-12-22(21)34-2/h4-7,9-12,20H,3,8,13-17H2,1-2H3/t20-/m0/s1. The Bertz CT molecular complexity index is 1190. The van der Waals surface area contributed by atoms with Crippen molar-refractivity contribution < 1.29 is 14.3 Å². The fourth-order valence-electron chi connectivity index (χ4n) is 4.67. The predicted molar refractivity (Wildman–Crippen MR) is 140 cm³/mol. The fraction of sp³-hybridized carbons (Fsp3) is 0.385. The molecule has 3 heterocycles. The summed E-state index contributed by atoms with van der Waals surface area (Å²) in [5.41, 5.74) is 2.70. The third-order valence-corrected chi connectivity index (χ3v) is 7.42. The summed E-state index contributed by atoms with van der Waals surface area (Å²) in [4.78, 5) is 41.4. The molecule has 2 aromatic rings. The molecule has 0 N–H and O–H groups in total. The van der Waals surface area contributed by atoms with Crippen LogP contribution in [0.1, 0.15) is 25.3 Å². The summed E-state index contributed by atoms with van der Waals surface area (Å²) in [5, 5.41) is 0.534. The highest BCUT2D eigenvalue weighted by Gasteiger charge is 2.41. The summed E-state index contributed by atoms with van der Waals surface area (Å²) in [6.45, 7) is 4.81. The van der Waals surface area contributed by atoms with Gasteiger partial charge in [-0.15, -0.1) is 0 Å². The molecule has 0 spiro atoms. The molecule has 9 heteroatoms. The summed E-state index contributed by atoms with van der Waals surface area (Å²) < 4.78 is 5.49. The van der Waals surface area contributed by atoms with Gasteiger partial charge >= 0.3 is 0 Å². The maximum Gasteiger partial charge on any atom is 0.259 e. The number of rotatable bonds is 6. The van der Waals surface area contributed by atoms with Crippen molar-refractivity contribution in [3.8, 4) is 5.75 Å². The number of piperazine rings is 1. The number of fused-ring (bicyclic) bond motifs is 3. The van der Waals surface area contributed by atoms with Crippen LogP contribution in [0.5, 0.6) is 5.75 Å². The molecule has 3 aliphatic rings. The lowest BCUT2D eigenvalue weighted by Gasteiger charge is -2.36. The smallest absolute Gasteiger partial charge is 0.259 e. The van der Waals surface area contributed by atoms with Crippen LogP contribution < -0.4 is 9.64 Å². The lowest BCUT2D eigenvalue weighted by atomic mass is 10.1. The van der Waals surface area contributed by atoms with Crippen molar-refractivity contribution in [1.29, 1.82) is 0 Å². The van der Waals surface area contributed by atoms with E-state index in [4.69, 9.17) is 14.7 Å². The van der Waals surface area contributed by atoms with E-state index in [1.807, 2.05) is 53.4 Å². The Morgan fingerprint density at radius 2 is 1.83 bits per heavy atom. The molecule has 8 nitrogen and oxygen atoms in total. The monoisotopic (exact) mass is 491 g/mol. The number of anilines is 1. The molecule has 0 unspecified atom stereocenters. The number of aliphatic imine (C=N–C) groups is 2. The zero-order valence-electron chi connectivity index (χ0n) is 20.0. The van der Waals surface area contributed by atoms with Crippen molar-refractivity contribution in [2.75, 3.05) is 43.9 Å². The maximum atomic E-state index is 13.1. The Morgan fingerprint density at radius 1 is 1.09 bits per heavy atom. The first-order valence-electron chi connectivity index (χ1n) is 12.0. The molecular weight excluding hydrogens is 462 g/mol. The van der Waals surface area contributed by atoms with Gasteiger partial charge in [-0.2, -0.15) is 0 Å². The second-order valence-corrected chi connectivity index (χ2v) is 9.61. The van der Waals surface area contributed by atoms with Crippen molar-refractivity contribution in [3.05, 3.63) is 54.1 Å². The number of nitrogens with zero attached hydrogens (tertiary/aromatic N) is 5.